The van der Waals surface area contributed by atoms with Crippen molar-refractivity contribution in [1.29, 1.82) is 0 Å². The topological polar surface area (TPSA) is 165 Å². The largest absolute Gasteiger partial charge is 0.480 e. The number of carboxylic acids is 2. The Morgan fingerprint density at radius 1 is 1.24 bits per heavy atom. The molecule has 0 bridgehead atoms. The van der Waals surface area contributed by atoms with Crippen molar-refractivity contribution in [1.82, 2.24) is 9.88 Å². The number of aromatic nitrogens is 1. The summed E-state index contributed by atoms with van der Waals surface area (Å²) in [4.78, 5) is 55.3. The number of carbonyl (C=O) groups is 3. The summed E-state index contributed by atoms with van der Waals surface area (Å²) in [6.07, 6.45) is -0.0309. The highest BCUT2D eigenvalue weighted by molar-refractivity contribution is 7.51. The van der Waals surface area contributed by atoms with Gasteiger partial charge >= 0.3 is 19.5 Å². The van der Waals surface area contributed by atoms with Crippen molar-refractivity contribution >= 4 is 25.4 Å². The third-order valence-corrected chi connectivity index (χ3v) is 2.92. The van der Waals surface area contributed by atoms with Gasteiger partial charge in [0.25, 0.3) is 5.91 Å². The number of aliphatic carboxylic acids is 1. The summed E-state index contributed by atoms with van der Waals surface area (Å²) in [6.45, 7) is -0.988. The zero-order valence-corrected chi connectivity index (χ0v) is 11.3. The van der Waals surface area contributed by atoms with Crippen LogP contribution >= 0.6 is 7.60 Å². The zero-order valence-electron chi connectivity index (χ0n) is 10.4. The van der Waals surface area contributed by atoms with E-state index in [-0.39, 0.29) is 0 Å². The van der Waals surface area contributed by atoms with Gasteiger partial charge in [-0.15, -0.1) is 0 Å². The molecule has 0 atom stereocenters. The standard InChI is InChI=1S/C10H11N2O8P/c13-7(14)4-12(5-21(18,19)20)9(15)6-2-1-3-11-8(6)10(16)17/h1-3H,4-5H2,(H,13,14)(H,16,17)(H2,18,19,20). The van der Waals surface area contributed by atoms with Crippen LogP contribution in [0.3, 0.4) is 0 Å². The third-order valence-electron chi connectivity index (χ3n) is 2.21. The summed E-state index contributed by atoms with van der Waals surface area (Å²) in [5, 5.41) is 17.6. The molecule has 0 aliphatic carbocycles. The second-order valence-corrected chi connectivity index (χ2v) is 5.52. The molecule has 0 aliphatic heterocycles. The summed E-state index contributed by atoms with van der Waals surface area (Å²) in [5.41, 5.74) is -1.09. The van der Waals surface area contributed by atoms with E-state index in [1.165, 1.54) is 6.07 Å². The molecule has 1 aromatic rings. The van der Waals surface area contributed by atoms with Crippen LogP contribution in [0.2, 0.25) is 0 Å². The summed E-state index contributed by atoms with van der Waals surface area (Å²) < 4.78 is 11.0. The molecule has 1 aromatic heterocycles. The average molecular weight is 318 g/mol. The van der Waals surface area contributed by atoms with Gasteiger partial charge in [-0.1, -0.05) is 0 Å². The molecule has 114 valence electrons. The van der Waals surface area contributed by atoms with Gasteiger partial charge in [0.2, 0.25) is 0 Å². The SMILES string of the molecule is O=C(O)CN(CP(=O)(O)O)C(=O)c1cccnc1C(=O)O. The van der Waals surface area contributed by atoms with Crippen molar-refractivity contribution in [3.05, 3.63) is 29.6 Å². The second-order valence-electron chi connectivity index (χ2n) is 3.91. The van der Waals surface area contributed by atoms with Gasteiger partial charge in [0.1, 0.15) is 12.8 Å². The number of amides is 1. The molecule has 0 aliphatic rings. The van der Waals surface area contributed by atoms with Crippen LogP contribution in [-0.2, 0) is 9.36 Å². The Hall–Kier alpha value is -2.29. The van der Waals surface area contributed by atoms with Crippen molar-refractivity contribution in [3.63, 3.8) is 0 Å². The minimum Gasteiger partial charge on any atom is -0.480 e. The number of aromatic carboxylic acids is 1. The van der Waals surface area contributed by atoms with Crippen molar-refractivity contribution in [2.24, 2.45) is 0 Å². The first kappa shape index (κ1) is 16.8. The summed E-state index contributed by atoms with van der Waals surface area (Å²) >= 11 is 0. The lowest BCUT2D eigenvalue weighted by atomic mass is 10.1. The van der Waals surface area contributed by atoms with E-state index in [0.717, 1.165) is 12.3 Å². The fourth-order valence-corrected chi connectivity index (χ4v) is 2.16. The van der Waals surface area contributed by atoms with E-state index in [1.807, 2.05) is 0 Å². The summed E-state index contributed by atoms with van der Waals surface area (Å²) in [7, 11) is -4.72. The number of pyridine rings is 1. The number of carbonyl (C=O) groups excluding carboxylic acids is 1. The van der Waals surface area contributed by atoms with Gasteiger partial charge in [0.05, 0.1) is 5.56 Å². The Bertz CT molecular complexity index is 625. The smallest absolute Gasteiger partial charge is 0.355 e. The van der Waals surface area contributed by atoms with E-state index in [0.29, 0.717) is 4.90 Å². The van der Waals surface area contributed by atoms with Crippen LogP contribution in [0.5, 0.6) is 0 Å². The summed E-state index contributed by atoms with van der Waals surface area (Å²) in [6, 6.07) is 2.32. The van der Waals surface area contributed by atoms with Gasteiger partial charge in [-0.25, -0.2) is 9.78 Å². The molecule has 1 amide bonds. The Labute approximate surface area is 117 Å². The monoisotopic (exact) mass is 318 g/mol. The van der Waals surface area contributed by atoms with Crippen LogP contribution in [0.1, 0.15) is 20.8 Å². The quantitative estimate of drug-likeness (QED) is 0.503. The van der Waals surface area contributed by atoms with Crippen LogP contribution in [0.25, 0.3) is 0 Å². The highest BCUT2D eigenvalue weighted by atomic mass is 31.2. The molecule has 0 spiro atoms. The van der Waals surface area contributed by atoms with E-state index in [4.69, 9.17) is 20.0 Å². The lowest BCUT2D eigenvalue weighted by Gasteiger charge is -2.21. The zero-order chi connectivity index (χ0) is 16.2. The molecule has 21 heavy (non-hydrogen) atoms. The van der Waals surface area contributed by atoms with Crippen molar-refractivity contribution in [2.75, 3.05) is 12.8 Å². The van der Waals surface area contributed by atoms with Crippen LogP contribution in [-0.4, -0.2) is 60.6 Å². The molecule has 0 aromatic carbocycles. The minimum atomic E-state index is -4.72. The van der Waals surface area contributed by atoms with Crippen LogP contribution in [0.4, 0.5) is 0 Å². The summed E-state index contributed by atoms with van der Waals surface area (Å²) in [5.74, 6) is -4.17. The van der Waals surface area contributed by atoms with E-state index >= 15 is 0 Å². The van der Waals surface area contributed by atoms with Crippen molar-refractivity contribution in [2.45, 2.75) is 0 Å². The second kappa shape index (κ2) is 6.44. The molecule has 4 N–H and O–H groups in total. The van der Waals surface area contributed by atoms with Crippen LogP contribution in [0, 0.1) is 0 Å². The predicted octanol–water partition coefficient (Wildman–Crippen LogP) is -0.558. The minimum absolute atomic E-state index is 0.354. The lowest BCUT2D eigenvalue weighted by molar-refractivity contribution is -0.137. The first-order chi connectivity index (χ1) is 9.61. The maximum Gasteiger partial charge on any atom is 0.355 e. The molecule has 1 heterocycles. The number of hydrogen-bond donors (Lipinski definition) is 4. The Balaban J connectivity index is 3.19. The molecule has 10 nitrogen and oxygen atoms in total. The van der Waals surface area contributed by atoms with Crippen molar-refractivity contribution < 1.29 is 38.9 Å². The third kappa shape index (κ3) is 4.95. The molecule has 1 rings (SSSR count). The highest BCUT2D eigenvalue weighted by Crippen LogP contribution is 2.35. The van der Waals surface area contributed by atoms with Crippen LogP contribution in [0.15, 0.2) is 18.3 Å². The lowest BCUT2D eigenvalue weighted by Crippen LogP contribution is -2.37. The molecule has 0 saturated heterocycles. The van der Waals surface area contributed by atoms with Gasteiger partial charge in [-0.05, 0) is 12.1 Å². The first-order valence-corrected chi connectivity index (χ1v) is 7.15. The van der Waals surface area contributed by atoms with Gasteiger partial charge < -0.3 is 24.9 Å². The van der Waals surface area contributed by atoms with Gasteiger partial charge in [0, 0.05) is 6.20 Å². The Morgan fingerprint density at radius 2 is 1.86 bits per heavy atom. The average Bonchev–Trinajstić information content (AvgIpc) is 2.34. The first-order valence-electron chi connectivity index (χ1n) is 5.36. The fraction of sp³-hybridized carbons (Fsp3) is 0.200. The molecular weight excluding hydrogens is 307 g/mol. The molecule has 0 unspecified atom stereocenters. The Morgan fingerprint density at radius 3 is 2.33 bits per heavy atom. The molecule has 0 radical (unpaired) electrons. The van der Waals surface area contributed by atoms with E-state index in [9.17, 15) is 18.9 Å². The maximum absolute atomic E-state index is 12.1. The number of carboxylic acid groups (broad SMARTS) is 2. The van der Waals surface area contributed by atoms with E-state index in [1.54, 1.807) is 0 Å². The van der Waals surface area contributed by atoms with Gasteiger partial charge in [-0.2, -0.15) is 0 Å². The number of hydrogen-bond acceptors (Lipinski definition) is 5. The molecule has 0 saturated carbocycles. The van der Waals surface area contributed by atoms with Gasteiger partial charge in [-0.3, -0.25) is 14.2 Å². The van der Waals surface area contributed by atoms with E-state index in [2.05, 4.69) is 4.98 Å². The van der Waals surface area contributed by atoms with E-state index < -0.39 is 49.5 Å². The number of rotatable bonds is 6. The molecule has 11 heteroatoms. The van der Waals surface area contributed by atoms with Crippen molar-refractivity contribution in [3.8, 4) is 0 Å². The highest BCUT2D eigenvalue weighted by Gasteiger charge is 2.29. The normalized spacial score (nSPS) is 11.0. The molecule has 0 fully saturated rings. The molecular formula is C10H11N2O8P. The fourth-order valence-electron chi connectivity index (χ4n) is 1.49. The van der Waals surface area contributed by atoms with Crippen LogP contribution < -0.4 is 0 Å². The predicted molar refractivity (Wildman–Crippen MR) is 66.8 cm³/mol. The Kier molecular flexibility index (Phi) is 5.14. The maximum atomic E-state index is 12.1. The number of nitrogens with zero attached hydrogens (tertiary/aromatic N) is 2. The van der Waals surface area contributed by atoms with Gasteiger partial charge in [0.15, 0.2) is 5.69 Å².